The smallest absolute Gasteiger partial charge is 0.132 e. The van der Waals surface area contributed by atoms with Crippen molar-refractivity contribution in [3.8, 4) is 12.8 Å². The molecule has 2 nitrogen and oxygen atoms in total. The highest BCUT2D eigenvalue weighted by molar-refractivity contribution is 5.79. The van der Waals surface area contributed by atoms with Gasteiger partial charge in [-0.1, -0.05) is 6.08 Å². The topological polar surface area (TPSA) is 29.4 Å². The number of ketones is 1. The van der Waals surface area contributed by atoms with E-state index in [1.807, 2.05) is 25.3 Å². The second-order valence-electron chi connectivity index (χ2n) is 3.52. The van der Waals surface area contributed by atoms with E-state index in [1.54, 1.807) is 0 Å². The van der Waals surface area contributed by atoms with Gasteiger partial charge in [0.2, 0.25) is 0 Å². The van der Waals surface area contributed by atoms with Gasteiger partial charge in [0.05, 0.1) is 0 Å². The number of hydrogen-bond donors (Lipinski definition) is 0. The van der Waals surface area contributed by atoms with Crippen LogP contribution >= 0.6 is 0 Å². The number of nitrogens with zero attached hydrogens (tertiary/aromatic N) is 1. The molecule has 1 rings (SSSR count). The van der Waals surface area contributed by atoms with E-state index in [4.69, 9.17) is 0 Å². The number of allylic oxidation sites excluding steroid dienone is 2. The summed E-state index contributed by atoms with van der Waals surface area (Å²) in [5.74, 6) is 1.06. The molecule has 0 saturated heterocycles. The molecule has 0 spiro atoms. The van der Waals surface area contributed by atoms with Gasteiger partial charge in [-0.15, -0.1) is 12.8 Å². The largest absolute Gasteiger partial charge is 0.300 e. The van der Waals surface area contributed by atoms with Crippen molar-refractivity contribution < 1.29 is 4.79 Å². The van der Waals surface area contributed by atoms with Crippen LogP contribution in [0, 0.1) is 18.8 Å². The molecule has 0 N–H and O–H groups in total. The highest BCUT2D eigenvalue weighted by atomic mass is 16.1. The summed E-state index contributed by atoms with van der Waals surface area (Å²) in [6, 6.07) is 0. The van der Waals surface area contributed by atoms with Crippen molar-refractivity contribution in [2.75, 3.05) is 6.54 Å². The molecule has 0 radical (unpaired) electrons. The van der Waals surface area contributed by atoms with Gasteiger partial charge in [-0.3, -0.25) is 9.79 Å². The van der Waals surface area contributed by atoms with Crippen LogP contribution < -0.4 is 0 Å². The molecule has 0 amide bonds. The zero-order valence-corrected chi connectivity index (χ0v) is 9.36. The molecule has 0 aromatic rings. The Balaban J connectivity index is 0.000000921. The minimum atomic E-state index is 0.425. The minimum absolute atomic E-state index is 0.425. The van der Waals surface area contributed by atoms with Gasteiger partial charge >= 0.3 is 0 Å². The van der Waals surface area contributed by atoms with Crippen molar-refractivity contribution in [2.24, 2.45) is 10.9 Å². The molecule has 2 heteroatoms. The number of terminal acetylenes is 1. The van der Waals surface area contributed by atoms with E-state index in [9.17, 15) is 4.79 Å². The molecule has 0 bridgehead atoms. The molecule has 0 aromatic heterocycles. The van der Waals surface area contributed by atoms with E-state index in [-0.39, 0.29) is 0 Å². The lowest BCUT2D eigenvalue weighted by Gasteiger charge is -2.18. The monoisotopic (exact) mass is 205 g/mol. The fourth-order valence-electron chi connectivity index (χ4n) is 1.54. The van der Waals surface area contributed by atoms with Gasteiger partial charge in [0.1, 0.15) is 5.78 Å². The third-order valence-corrected chi connectivity index (χ3v) is 2.41. The SMILES string of the molecule is C#C.C/C=C\C=NCC1CCC(=O)CC1. The maximum atomic E-state index is 10.9. The van der Waals surface area contributed by atoms with Gasteiger partial charge in [-0.05, 0) is 31.8 Å². The van der Waals surface area contributed by atoms with Crippen molar-refractivity contribution in [1.29, 1.82) is 0 Å². The Bertz CT molecular complexity index is 241. The first-order valence-electron chi connectivity index (χ1n) is 5.29. The molecule has 0 heterocycles. The molecule has 0 unspecified atom stereocenters. The van der Waals surface area contributed by atoms with Crippen LogP contribution in [0.25, 0.3) is 0 Å². The molecule has 0 aromatic carbocycles. The Kier molecular flexibility index (Phi) is 8.37. The Morgan fingerprint density at radius 1 is 1.40 bits per heavy atom. The summed E-state index contributed by atoms with van der Waals surface area (Å²) in [6.07, 6.45) is 17.4. The van der Waals surface area contributed by atoms with Crippen LogP contribution in [-0.2, 0) is 4.79 Å². The first-order valence-corrected chi connectivity index (χ1v) is 5.29. The van der Waals surface area contributed by atoms with Crippen LogP contribution in [0.3, 0.4) is 0 Å². The molecular formula is C13H19NO. The van der Waals surface area contributed by atoms with E-state index in [1.165, 1.54) is 0 Å². The highest BCUT2D eigenvalue weighted by Gasteiger charge is 2.17. The van der Waals surface area contributed by atoms with Crippen LogP contribution in [0.15, 0.2) is 17.1 Å². The zero-order valence-electron chi connectivity index (χ0n) is 9.36. The Labute approximate surface area is 92.5 Å². The van der Waals surface area contributed by atoms with Crippen molar-refractivity contribution in [3.63, 3.8) is 0 Å². The Morgan fingerprint density at radius 3 is 2.53 bits per heavy atom. The van der Waals surface area contributed by atoms with E-state index < -0.39 is 0 Å². The number of carbonyl (C=O) groups is 1. The van der Waals surface area contributed by atoms with Gasteiger partial charge in [0, 0.05) is 25.6 Å². The van der Waals surface area contributed by atoms with Crippen LogP contribution in [0.5, 0.6) is 0 Å². The summed E-state index contributed by atoms with van der Waals surface area (Å²) in [5, 5.41) is 0. The molecule has 1 saturated carbocycles. The van der Waals surface area contributed by atoms with Gasteiger partial charge in [-0.25, -0.2) is 0 Å². The summed E-state index contributed by atoms with van der Waals surface area (Å²) in [7, 11) is 0. The van der Waals surface area contributed by atoms with Gasteiger partial charge in [0.25, 0.3) is 0 Å². The van der Waals surface area contributed by atoms with Crippen LogP contribution in [-0.4, -0.2) is 18.5 Å². The predicted molar refractivity (Wildman–Crippen MR) is 65.0 cm³/mol. The van der Waals surface area contributed by atoms with E-state index in [0.29, 0.717) is 11.7 Å². The van der Waals surface area contributed by atoms with Crippen LogP contribution in [0.4, 0.5) is 0 Å². The fourth-order valence-corrected chi connectivity index (χ4v) is 1.54. The van der Waals surface area contributed by atoms with Gasteiger partial charge in [0.15, 0.2) is 0 Å². The normalized spacial score (nSPS) is 17.9. The summed E-state index contributed by atoms with van der Waals surface area (Å²) in [4.78, 5) is 15.2. The summed E-state index contributed by atoms with van der Waals surface area (Å²) in [5.41, 5.74) is 0. The van der Waals surface area contributed by atoms with E-state index in [2.05, 4.69) is 17.8 Å². The molecule has 0 aliphatic heterocycles. The average molecular weight is 205 g/mol. The third-order valence-electron chi connectivity index (χ3n) is 2.41. The molecule has 1 fully saturated rings. The maximum Gasteiger partial charge on any atom is 0.132 e. The number of aliphatic imine (C=N–C) groups is 1. The lowest BCUT2D eigenvalue weighted by Crippen LogP contribution is -2.15. The molecule has 1 aliphatic rings. The van der Waals surface area contributed by atoms with E-state index in [0.717, 1.165) is 32.2 Å². The number of carbonyl (C=O) groups excluding carboxylic acids is 1. The lowest BCUT2D eigenvalue weighted by atomic mass is 9.88. The first kappa shape index (κ1) is 13.6. The second-order valence-corrected chi connectivity index (χ2v) is 3.52. The summed E-state index contributed by atoms with van der Waals surface area (Å²) < 4.78 is 0. The second kappa shape index (κ2) is 9.21. The lowest BCUT2D eigenvalue weighted by molar-refractivity contribution is -0.120. The summed E-state index contributed by atoms with van der Waals surface area (Å²) in [6.45, 7) is 2.86. The number of rotatable bonds is 3. The van der Waals surface area contributed by atoms with Crippen LogP contribution in [0.2, 0.25) is 0 Å². The average Bonchev–Trinajstić information content (AvgIpc) is 2.30. The molecule has 15 heavy (non-hydrogen) atoms. The third kappa shape index (κ3) is 6.68. The molecular weight excluding hydrogens is 186 g/mol. The molecule has 0 atom stereocenters. The van der Waals surface area contributed by atoms with Crippen molar-refractivity contribution >= 4 is 12.0 Å². The standard InChI is InChI=1S/C11H17NO.C2H2/c1-2-3-8-12-9-10-4-6-11(13)7-5-10;1-2/h2-3,8,10H,4-7,9H2,1H3;1-2H/b3-2-,12-8?;. The van der Waals surface area contributed by atoms with Crippen LogP contribution in [0.1, 0.15) is 32.6 Å². The van der Waals surface area contributed by atoms with Gasteiger partial charge < -0.3 is 0 Å². The molecule has 82 valence electrons. The Morgan fingerprint density at radius 2 is 2.00 bits per heavy atom. The summed E-state index contributed by atoms with van der Waals surface area (Å²) >= 11 is 0. The maximum absolute atomic E-state index is 10.9. The first-order chi connectivity index (χ1) is 7.33. The quantitative estimate of drug-likeness (QED) is 0.514. The molecule has 1 aliphatic carbocycles. The van der Waals surface area contributed by atoms with Crippen molar-refractivity contribution in [3.05, 3.63) is 12.2 Å². The van der Waals surface area contributed by atoms with Crippen molar-refractivity contribution in [1.82, 2.24) is 0 Å². The Hall–Kier alpha value is -1.36. The fraction of sp³-hybridized carbons (Fsp3) is 0.538. The van der Waals surface area contributed by atoms with Gasteiger partial charge in [-0.2, -0.15) is 0 Å². The van der Waals surface area contributed by atoms with E-state index >= 15 is 0 Å². The number of Topliss-reactive ketones (excluding diaryl/α,β-unsaturated/α-hetero) is 1. The predicted octanol–water partition coefficient (Wildman–Crippen LogP) is 2.64. The number of hydrogen-bond acceptors (Lipinski definition) is 2. The van der Waals surface area contributed by atoms with Crippen molar-refractivity contribution in [2.45, 2.75) is 32.6 Å². The minimum Gasteiger partial charge on any atom is -0.300 e. The zero-order chi connectivity index (χ0) is 11.5. The highest BCUT2D eigenvalue weighted by Crippen LogP contribution is 2.21.